The molecule has 0 spiro atoms. The number of benzene rings is 1. The van der Waals surface area contributed by atoms with Crippen molar-refractivity contribution in [2.24, 2.45) is 14.1 Å². The van der Waals surface area contributed by atoms with E-state index in [0.29, 0.717) is 43.0 Å². The number of fused-ring (bicyclic) bond motifs is 2. The zero-order valence-corrected chi connectivity index (χ0v) is 17.9. The van der Waals surface area contributed by atoms with Gasteiger partial charge in [-0.15, -0.1) is 0 Å². The molecule has 2 N–H and O–H groups in total. The van der Waals surface area contributed by atoms with Crippen molar-refractivity contribution in [3.8, 4) is 0 Å². The molecule has 31 heavy (non-hydrogen) atoms. The van der Waals surface area contributed by atoms with Crippen molar-refractivity contribution in [3.63, 3.8) is 0 Å². The summed E-state index contributed by atoms with van der Waals surface area (Å²) in [5.41, 5.74) is 2.95. The molecule has 1 aliphatic rings. The summed E-state index contributed by atoms with van der Waals surface area (Å²) in [4.78, 5) is 36.4. The Balaban J connectivity index is 1.61. The molecule has 0 unspecified atom stereocenters. The molecule has 9 heteroatoms. The second kappa shape index (κ2) is 7.12. The van der Waals surface area contributed by atoms with Gasteiger partial charge < -0.3 is 19.6 Å². The molecular weight excluding hydrogens is 396 g/mol. The number of hydrogen-bond donors (Lipinski definition) is 2. The number of aliphatic hydroxyl groups excluding tert-OH is 1. The first-order valence-electron chi connectivity index (χ1n) is 10.5. The zero-order valence-electron chi connectivity index (χ0n) is 17.9. The second-order valence-electron chi connectivity index (χ2n) is 8.48. The third-order valence-corrected chi connectivity index (χ3v) is 6.24. The van der Waals surface area contributed by atoms with Gasteiger partial charge in [-0.3, -0.25) is 13.9 Å². The van der Waals surface area contributed by atoms with E-state index in [4.69, 9.17) is 0 Å². The van der Waals surface area contributed by atoms with Crippen LogP contribution in [0.5, 0.6) is 0 Å². The van der Waals surface area contributed by atoms with Crippen molar-refractivity contribution in [1.29, 1.82) is 0 Å². The SMILES string of the molecule is Cc1ccc2[nH]c(Cn3c(=O)c4c(nc(N5CCC(O)CC5)n4C)n(C)c3=O)cc2c1. The van der Waals surface area contributed by atoms with E-state index in [0.717, 1.165) is 22.2 Å². The summed E-state index contributed by atoms with van der Waals surface area (Å²) in [7, 11) is 3.45. The fraction of sp³-hybridized carbons (Fsp3) is 0.409. The van der Waals surface area contributed by atoms with Gasteiger partial charge in [0, 0.05) is 38.4 Å². The van der Waals surface area contributed by atoms with Crippen LogP contribution in [0.2, 0.25) is 0 Å². The van der Waals surface area contributed by atoms with Gasteiger partial charge >= 0.3 is 5.69 Å². The van der Waals surface area contributed by atoms with Gasteiger partial charge in [0.05, 0.1) is 12.6 Å². The molecule has 0 radical (unpaired) electrons. The molecule has 4 heterocycles. The number of anilines is 1. The Labute approximate surface area is 178 Å². The number of nitrogens with zero attached hydrogens (tertiary/aromatic N) is 5. The standard InChI is InChI=1S/C22H26N6O3/c1-13-4-5-17-14(10-13)11-15(23-17)12-28-20(30)18-19(26(3)22(28)31)24-21(25(18)2)27-8-6-16(29)7-9-27/h4-5,10-11,16,23,29H,6-9,12H2,1-3H3. The number of piperidine rings is 1. The van der Waals surface area contributed by atoms with Gasteiger partial charge in [0.1, 0.15) is 0 Å². The Morgan fingerprint density at radius 1 is 1.13 bits per heavy atom. The van der Waals surface area contributed by atoms with Gasteiger partial charge in [-0.2, -0.15) is 4.98 Å². The average molecular weight is 422 g/mol. The zero-order chi connectivity index (χ0) is 21.9. The predicted molar refractivity (Wildman–Crippen MR) is 120 cm³/mol. The van der Waals surface area contributed by atoms with Crippen LogP contribution >= 0.6 is 0 Å². The van der Waals surface area contributed by atoms with E-state index in [1.807, 2.05) is 25.1 Å². The van der Waals surface area contributed by atoms with Crippen molar-refractivity contribution in [2.75, 3.05) is 18.0 Å². The van der Waals surface area contributed by atoms with E-state index in [9.17, 15) is 14.7 Å². The third-order valence-electron chi connectivity index (χ3n) is 6.24. The normalized spacial score (nSPS) is 15.4. The largest absolute Gasteiger partial charge is 0.393 e. The quantitative estimate of drug-likeness (QED) is 0.517. The summed E-state index contributed by atoms with van der Waals surface area (Å²) in [6.45, 7) is 3.51. The molecular formula is C22H26N6O3. The summed E-state index contributed by atoms with van der Waals surface area (Å²) in [5.74, 6) is 0.646. The molecule has 4 aromatic rings. The van der Waals surface area contributed by atoms with Crippen molar-refractivity contribution in [2.45, 2.75) is 32.4 Å². The lowest BCUT2D eigenvalue weighted by Crippen LogP contribution is -2.40. The van der Waals surface area contributed by atoms with Crippen LogP contribution in [0.4, 0.5) is 5.95 Å². The molecule has 5 rings (SSSR count). The Morgan fingerprint density at radius 3 is 2.61 bits per heavy atom. The number of aromatic amines is 1. The van der Waals surface area contributed by atoms with Crippen LogP contribution < -0.4 is 16.1 Å². The first-order valence-corrected chi connectivity index (χ1v) is 10.5. The molecule has 0 bridgehead atoms. The van der Waals surface area contributed by atoms with Crippen molar-refractivity contribution >= 4 is 28.0 Å². The lowest BCUT2D eigenvalue weighted by atomic mass is 10.1. The summed E-state index contributed by atoms with van der Waals surface area (Å²) >= 11 is 0. The Hall–Kier alpha value is -3.33. The number of imidazole rings is 1. The molecule has 9 nitrogen and oxygen atoms in total. The molecule has 162 valence electrons. The lowest BCUT2D eigenvalue weighted by molar-refractivity contribution is 0.145. The maximum Gasteiger partial charge on any atom is 0.332 e. The molecule has 1 fully saturated rings. The van der Waals surface area contributed by atoms with E-state index >= 15 is 0 Å². The topological polar surface area (TPSA) is 101 Å². The molecule has 0 amide bonds. The number of aliphatic hydroxyl groups is 1. The van der Waals surface area contributed by atoms with Crippen LogP contribution in [0.15, 0.2) is 33.9 Å². The monoisotopic (exact) mass is 422 g/mol. The summed E-state index contributed by atoms with van der Waals surface area (Å²) < 4.78 is 4.46. The first kappa shape index (κ1) is 19.6. The fourth-order valence-corrected chi connectivity index (χ4v) is 4.49. The maximum atomic E-state index is 13.4. The highest BCUT2D eigenvalue weighted by Crippen LogP contribution is 2.22. The van der Waals surface area contributed by atoms with Gasteiger partial charge in [0.15, 0.2) is 11.2 Å². The van der Waals surface area contributed by atoms with Crippen LogP contribution in [0.3, 0.4) is 0 Å². The third kappa shape index (κ3) is 3.16. The van der Waals surface area contributed by atoms with E-state index in [2.05, 4.69) is 20.9 Å². The highest BCUT2D eigenvalue weighted by Gasteiger charge is 2.25. The minimum Gasteiger partial charge on any atom is -0.393 e. The number of hydrogen-bond acceptors (Lipinski definition) is 5. The van der Waals surface area contributed by atoms with E-state index < -0.39 is 5.69 Å². The fourth-order valence-electron chi connectivity index (χ4n) is 4.49. The van der Waals surface area contributed by atoms with Crippen molar-refractivity contribution in [3.05, 3.63) is 56.4 Å². The molecule has 1 aromatic carbocycles. The van der Waals surface area contributed by atoms with Crippen molar-refractivity contribution in [1.82, 2.24) is 23.7 Å². The minimum absolute atomic E-state index is 0.158. The number of rotatable bonds is 3. The van der Waals surface area contributed by atoms with Crippen LogP contribution in [0.1, 0.15) is 24.1 Å². The highest BCUT2D eigenvalue weighted by molar-refractivity contribution is 5.81. The number of aryl methyl sites for hydroxylation is 3. The highest BCUT2D eigenvalue weighted by atomic mass is 16.3. The van der Waals surface area contributed by atoms with Crippen LogP contribution in [-0.4, -0.2) is 48.0 Å². The summed E-state index contributed by atoms with van der Waals surface area (Å²) in [6.07, 6.45) is 1.02. The first-order chi connectivity index (χ1) is 14.8. The number of aromatic nitrogens is 5. The molecule has 1 aliphatic heterocycles. The molecule has 1 saturated heterocycles. The Bertz CT molecular complexity index is 1420. The van der Waals surface area contributed by atoms with Crippen molar-refractivity contribution < 1.29 is 5.11 Å². The maximum absolute atomic E-state index is 13.4. The van der Waals surface area contributed by atoms with Gasteiger partial charge in [-0.05, 0) is 43.4 Å². The molecule has 0 saturated carbocycles. The summed E-state index contributed by atoms with van der Waals surface area (Å²) in [6, 6.07) is 8.08. The second-order valence-corrected chi connectivity index (χ2v) is 8.48. The number of nitrogens with one attached hydrogen (secondary N) is 1. The van der Waals surface area contributed by atoms with Crippen LogP contribution in [0.25, 0.3) is 22.1 Å². The van der Waals surface area contributed by atoms with Crippen LogP contribution in [0, 0.1) is 6.92 Å². The lowest BCUT2D eigenvalue weighted by Gasteiger charge is -2.30. The number of H-pyrrole nitrogens is 1. The molecule has 3 aromatic heterocycles. The predicted octanol–water partition coefficient (Wildman–Crippen LogP) is 1.23. The smallest absolute Gasteiger partial charge is 0.332 e. The minimum atomic E-state index is -0.397. The summed E-state index contributed by atoms with van der Waals surface area (Å²) in [5, 5.41) is 10.8. The van der Waals surface area contributed by atoms with Crippen LogP contribution in [-0.2, 0) is 20.6 Å². The van der Waals surface area contributed by atoms with E-state index in [-0.39, 0.29) is 18.2 Å². The van der Waals surface area contributed by atoms with E-state index in [1.165, 1.54) is 9.13 Å². The Morgan fingerprint density at radius 2 is 1.87 bits per heavy atom. The molecule has 0 aliphatic carbocycles. The van der Waals surface area contributed by atoms with E-state index in [1.54, 1.807) is 18.7 Å². The van der Waals surface area contributed by atoms with Gasteiger partial charge in [-0.1, -0.05) is 11.6 Å². The van der Waals surface area contributed by atoms with Gasteiger partial charge in [-0.25, -0.2) is 4.79 Å². The molecule has 0 atom stereocenters. The van der Waals surface area contributed by atoms with Gasteiger partial charge in [0.25, 0.3) is 5.56 Å². The average Bonchev–Trinajstić information content (AvgIpc) is 3.30. The Kier molecular flexibility index (Phi) is 4.51. The van der Waals surface area contributed by atoms with Gasteiger partial charge in [0.2, 0.25) is 5.95 Å².